The topological polar surface area (TPSA) is 77.1 Å². The predicted molar refractivity (Wildman–Crippen MR) is 63.6 cm³/mol. The lowest BCUT2D eigenvalue weighted by molar-refractivity contribution is 0.100. The molecule has 0 aromatic carbocycles. The van der Waals surface area contributed by atoms with Crippen molar-refractivity contribution in [3.8, 4) is 17.3 Å². The average molecular weight is 245 g/mol. The highest BCUT2D eigenvalue weighted by molar-refractivity contribution is 5.93. The minimum Gasteiger partial charge on any atom is -0.503 e. The van der Waals surface area contributed by atoms with Crippen molar-refractivity contribution >= 4 is 5.78 Å². The highest BCUT2D eigenvalue weighted by Gasteiger charge is 2.24. The Hall–Kier alpha value is -2.37. The van der Waals surface area contributed by atoms with Crippen LogP contribution in [0.5, 0.6) is 5.75 Å². The van der Waals surface area contributed by atoms with Gasteiger partial charge in [0.15, 0.2) is 17.4 Å². The number of aryl methyl sites for hydroxylation is 1. The molecule has 1 N–H and O–H groups in total. The van der Waals surface area contributed by atoms with Gasteiger partial charge in [0.1, 0.15) is 11.4 Å². The molecule has 0 saturated heterocycles. The first kappa shape index (κ1) is 10.8. The SMILES string of the molecule is CC(=O)c1cnc2n1CCn1ccc(=O)c(O)c1-2. The van der Waals surface area contributed by atoms with Gasteiger partial charge in [-0.3, -0.25) is 9.59 Å². The van der Waals surface area contributed by atoms with Gasteiger partial charge in [-0.05, 0) is 0 Å². The number of ketones is 1. The minimum atomic E-state index is -0.443. The molecule has 0 radical (unpaired) electrons. The smallest absolute Gasteiger partial charge is 0.223 e. The Morgan fingerprint density at radius 1 is 1.44 bits per heavy atom. The second-order valence-corrected chi connectivity index (χ2v) is 4.25. The van der Waals surface area contributed by atoms with Crippen molar-refractivity contribution in [2.75, 3.05) is 0 Å². The molecule has 0 unspecified atom stereocenters. The van der Waals surface area contributed by atoms with Crippen LogP contribution in [0.4, 0.5) is 0 Å². The van der Waals surface area contributed by atoms with E-state index in [2.05, 4.69) is 4.98 Å². The molecule has 3 rings (SSSR count). The third kappa shape index (κ3) is 1.32. The molecule has 0 amide bonds. The maximum atomic E-state index is 11.5. The van der Waals surface area contributed by atoms with E-state index in [1.807, 2.05) is 0 Å². The molecule has 0 atom stereocenters. The Balaban J connectivity index is 2.32. The molecule has 6 heteroatoms. The van der Waals surface area contributed by atoms with E-state index in [1.54, 1.807) is 15.3 Å². The number of aromatic hydroxyl groups is 1. The Morgan fingerprint density at radius 3 is 2.94 bits per heavy atom. The van der Waals surface area contributed by atoms with Crippen LogP contribution >= 0.6 is 0 Å². The number of carbonyl (C=O) groups excluding carboxylic acids is 1. The van der Waals surface area contributed by atoms with Crippen LogP contribution < -0.4 is 5.43 Å². The van der Waals surface area contributed by atoms with Gasteiger partial charge in [-0.15, -0.1) is 0 Å². The van der Waals surface area contributed by atoms with Crippen molar-refractivity contribution in [1.29, 1.82) is 0 Å². The Bertz CT molecular complexity index is 712. The highest BCUT2D eigenvalue weighted by Crippen LogP contribution is 2.29. The second kappa shape index (κ2) is 3.56. The molecule has 1 aliphatic heterocycles. The number of hydrogen-bond acceptors (Lipinski definition) is 4. The summed E-state index contributed by atoms with van der Waals surface area (Å²) in [6.45, 7) is 2.66. The van der Waals surface area contributed by atoms with Gasteiger partial charge in [-0.1, -0.05) is 0 Å². The lowest BCUT2D eigenvalue weighted by Gasteiger charge is -2.22. The standard InChI is InChI=1S/C12H11N3O3/c1-7(16)8-6-13-12-10-11(18)9(17)2-3-14(10)4-5-15(8)12/h2-3,6,18H,4-5H2,1H3. The number of aromatic nitrogens is 3. The van der Waals surface area contributed by atoms with Crippen LogP contribution in [-0.2, 0) is 13.1 Å². The van der Waals surface area contributed by atoms with Crippen LogP contribution in [-0.4, -0.2) is 25.0 Å². The molecule has 92 valence electrons. The van der Waals surface area contributed by atoms with Crippen molar-refractivity contribution in [1.82, 2.24) is 14.1 Å². The summed E-state index contributed by atoms with van der Waals surface area (Å²) in [6.07, 6.45) is 3.10. The molecular formula is C12H11N3O3. The molecule has 2 aromatic rings. The molecule has 0 bridgehead atoms. The van der Waals surface area contributed by atoms with Gasteiger partial charge in [0.25, 0.3) is 0 Å². The number of hydrogen-bond donors (Lipinski definition) is 1. The van der Waals surface area contributed by atoms with Gasteiger partial charge in [0, 0.05) is 32.3 Å². The molecule has 18 heavy (non-hydrogen) atoms. The van der Waals surface area contributed by atoms with Crippen molar-refractivity contribution in [2.24, 2.45) is 0 Å². The quantitative estimate of drug-likeness (QED) is 0.748. The normalized spacial score (nSPS) is 12.9. The summed E-state index contributed by atoms with van der Waals surface area (Å²) in [6, 6.07) is 1.32. The molecule has 0 fully saturated rings. The Labute approximate surface area is 102 Å². The first-order valence-corrected chi connectivity index (χ1v) is 5.59. The van der Waals surface area contributed by atoms with Crippen molar-refractivity contribution in [2.45, 2.75) is 20.0 Å². The van der Waals surface area contributed by atoms with Crippen LogP contribution in [0, 0.1) is 0 Å². The molecule has 1 aliphatic rings. The second-order valence-electron chi connectivity index (χ2n) is 4.25. The number of fused-ring (bicyclic) bond motifs is 3. The molecular weight excluding hydrogens is 234 g/mol. The average Bonchev–Trinajstić information content (AvgIpc) is 2.77. The number of rotatable bonds is 1. The van der Waals surface area contributed by atoms with Crippen molar-refractivity contribution in [3.05, 3.63) is 34.4 Å². The van der Waals surface area contributed by atoms with Crippen LogP contribution in [0.25, 0.3) is 11.5 Å². The molecule has 2 aromatic heterocycles. The lowest BCUT2D eigenvalue weighted by atomic mass is 10.2. The van der Waals surface area contributed by atoms with Crippen molar-refractivity contribution < 1.29 is 9.90 Å². The summed E-state index contributed by atoms with van der Waals surface area (Å²) >= 11 is 0. The summed E-state index contributed by atoms with van der Waals surface area (Å²) in [5.41, 5.74) is 0.426. The fourth-order valence-corrected chi connectivity index (χ4v) is 2.26. The van der Waals surface area contributed by atoms with E-state index in [4.69, 9.17) is 0 Å². The van der Waals surface area contributed by atoms with E-state index in [1.165, 1.54) is 19.2 Å². The summed E-state index contributed by atoms with van der Waals surface area (Å²) in [5, 5.41) is 9.87. The first-order chi connectivity index (χ1) is 8.59. The third-order valence-electron chi connectivity index (χ3n) is 3.14. The van der Waals surface area contributed by atoms with Crippen LogP contribution in [0.2, 0.25) is 0 Å². The van der Waals surface area contributed by atoms with Gasteiger partial charge in [0.2, 0.25) is 5.43 Å². The zero-order valence-corrected chi connectivity index (χ0v) is 9.75. The molecule has 0 aliphatic carbocycles. The first-order valence-electron chi connectivity index (χ1n) is 5.59. The number of pyridine rings is 1. The van der Waals surface area contributed by atoms with E-state index in [0.717, 1.165) is 0 Å². The van der Waals surface area contributed by atoms with Crippen LogP contribution in [0.15, 0.2) is 23.3 Å². The fraction of sp³-hybridized carbons (Fsp3) is 0.250. The molecule has 0 spiro atoms. The minimum absolute atomic E-state index is 0.0834. The highest BCUT2D eigenvalue weighted by atomic mass is 16.3. The fourth-order valence-electron chi connectivity index (χ4n) is 2.26. The monoisotopic (exact) mass is 245 g/mol. The van der Waals surface area contributed by atoms with E-state index >= 15 is 0 Å². The van der Waals surface area contributed by atoms with Crippen LogP contribution in [0.3, 0.4) is 0 Å². The van der Waals surface area contributed by atoms with Gasteiger partial charge < -0.3 is 14.2 Å². The zero-order valence-electron chi connectivity index (χ0n) is 9.75. The van der Waals surface area contributed by atoms with E-state index < -0.39 is 5.43 Å². The van der Waals surface area contributed by atoms with Gasteiger partial charge in [-0.2, -0.15) is 0 Å². The number of nitrogens with zero attached hydrogens (tertiary/aromatic N) is 3. The van der Waals surface area contributed by atoms with Gasteiger partial charge in [0.05, 0.1) is 6.20 Å². The van der Waals surface area contributed by atoms with Gasteiger partial charge >= 0.3 is 0 Å². The number of imidazole rings is 1. The summed E-state index contributed by atoms with van der Waals surface area (Å²) in [7, 11) is 0. The number of carbonyl (C=O) groups is 1. The van der Waals surface area contributed by atoms with E-state index in [9.17, 15) is 14.7 Å². The maximum Gasteiger partial charge on any atom is 0.223 e. The largest absolute Gasteiger partial charge is 0.503 e. The zero-order chi connectivity index (χ0) is 12.9. The number of Topliss-reactive ketones (excluding diaryl/α,β-unsaturated/α-hetero) is 1. The summed E-state index contributed by atoms with van der Waals surface area (Å²) in [4.78, 5) is 27.1. The van der Waals surface area contributed by atoms with E-state index in [0.29, 0.717) is 30.3 Å². The maximum absolute atomic E-state index is 11.5. The van der Waals surface area contributed by atoms with Crippen molar-refractivity contribution in [3.63, 3.8) is 0 Å². The predicted octanol–water partition coefficient (Wildman–Crippen LogP) is 0.634. The lowest BCUT2D eigenvalue weighted by Crippen LogP contribution is -2.22. The molecule has 6 nitrogen and oxygen atoms in total. The summed E-state index contributed by atoms with van der Waals surface area (Å²) in [5.74, 6) is 0.0563. The Kier molecular flexibility index (Phi) is 2.13. The summed E-state index contributed by atoms with van der Waals surface area (Å²) < 4.78 is 3.50. The van der Waals surface area contributed by atoms with Crippen LogP contribution in [0.1, 0.15) is 17.4 Å². The third-order valence-corrected chi connectivity index (χ3v) is 3.14. The molecule has 3 heterocycles. The molecule has 0 saturated carbocycles. The Morgan fingerprint density at radius 2 is 2.22 bits per heavy atom. The van der Waals surface area contributed by atoms with Gasteiger partial charge in [-0.25, -0.2) is 4.98 Å². The van der Waals surface area contributed by atoms with E-state index in [-0.39, 0.29) is 11.5 Å².